The number of thiazole rings is 1. The molecule has 0 radical (unpaired) electrons. The van der Waals surface area contributed by atoms with Crippen LogP contribution in [-0.2, 0) is 6.42 Å². The molecule has 3 heteroatoms. The van der Waals surface area contributed by atoms with Gasteiger partial charge in [-0.1, -0.05) is 6.92 Å². The number of hydrogen-bond donors (Lipinski definition) is 0. The summed E-state index contributed by atoms with van der Waals surface area (Å²) in [5.41, 5.74) is 2.20. The molecule has 0 fully saturated rings. The zero-order chi connectivity index (χ0) is 10.7. The molecule has 1 aromatic heterocycles. The highest BCUT2D eigenvalue weighted by molar-refractivity contribution is 7.09. The average molecular weight is 219 g/mol. The zero-order valence-electron chi connectivity index (χ0n) is 8.86. The summed E-state index contributed by atoms with van der Waals surface area (Å²) in [6.07, 6.45) is 1.00. The molecule has 0 atom stereocenters. The van der Waals surface area contributed by atoms with Crippen LogP contribution in [-0.4, -0.2) is 12.1 Å². The Labute approximate surface area is 93.6 Å². The lowest BCUT2D eigenvalue weighted by atomic mass is 10.2. The van der Waals surface area contributed by atoms with Gasteiger partial charge in [-0.05, 0) is 30.7 Å². The van der Waals surface area contributed by atoms with Gasteiger partial charge in [0.1, 0.15) is 5.75 Å². The second-order valence-corrected chi connectivity index (χ2v) is 4.15. The molecule has 15 heavy (non-hydrogen) atoms. The van der Waals surface area contributed by atoms with Crippen LogP contribution < -0.4 is 4.74 Å². The van der Waals surface area contributed by atoms with E-state index < -0.39 is 0 Å². The van der Waals surface area contributed by atoms with E-state index in [4.69, 9.17) is 4.74 Å². The molecule has 0 N–H and O–H groups in total. The maximum absolute atomic E-state index is 5.11. The highest BCUT2D eigenvalue weighted by Gasteiger charge is 2.02. The molecule has 1 heterocycles. The van der Waals surface area contributed by atoms with Gasteiger partial charge in [0.25, 0.3) is 0 Å². The number of ether oxygens (including phenoxy) is 1. The molecule has 0 unspecified atom stereocenters. The molecule has 0 spiro atoms. The summed E-state index contributed by atoms with van der Waals surface area (Å²) in [4.78, 5) is 4.53. The van der Waals surface area contributed by atoms with Gasteiger partial charge in [0.2, 0.25) is 0 Å². The summed E-state index contributed by atoms with van der Waals surface area (Å²) < 4.78 is 5.11. The summed E-state index contributed by atoms with van der Waals surface area (Å²) in [6, 6.07) is 7.99. The van der Waals surface area contributed by atoms with Gasteiger partial charge in [-0.3, -0.25) is 0 Å². The van der Waals surface area contributed by atoms with Crippen LogP contribution in [0.25, 0.3) is 11.3 Å². The van der Waals surface area contributed by atoms with Crippen molar-refractivity contribution in [1.82, 2.24) is 4.98 Å². The molecule has 2 aromatic rings. The molecule has 0 amide bonds. The first-order chi connectivity index (χ1) is 7.33. The van der Waals surface area contributed by atoms with Crippen LogP contribution in [0.2, 0.25) is 0 Å². The Morgan fingerprint density at radius 3 is 2.53 bits per heavy atom. The number of aromatic nitrogens is 1. The van der Waals surface area contributed by atoms with Crippen molar-refractivity contribution < 1.29 is 4.74 Å². The van der Waals surface area contributed by atoms with E-state index in [-0.39, 0.29) is 0 Å². The van der Waals surface area contributed by atoms with E-state index in [0.29, 0.717) is 0 Å². The zero-order valence-corrected chi connectivity index (χ0v) is 9.67. The Hall–Kier alpha value is -1.35. The summed E-state index contributed by atoms with van der Waals surface area (Å²) in [7, 11) is 1.67. The van der Waals surface area contributed by atoms with E-state index in [2.05, 4.69) is 17.3 Å². The number of rotatable bonds is 3. The van der Waals surface area contributed by atoms with Crippen molar-refractivity contribution in [3.63, 3.8) is 0 Å². The van der Waals surface area contributed by atoms with Gasteiger partial charge in [-0.15, -0.1) is 11.3 Å². The van der Waals surface area contributed by atoms with Crippen LogP contribution in [0.4, 0.5) is 0 Å². The van der Waals surface area contributed by atoms with Gasteiger partial charge in [0.15, 0.2) is 0 Å². The molecule has 0 aliphatic rings. The van der Waals surface area contributed by atoms with E-state index in [1.807, 2.05) is 24.3 Å². The summed E-state index contributed by atoms with van der Waals surface area (Å²) in [5.74, 6) is 0.879. The molecule has 0 aliphatic heterocycles. The summed E-state index contributed by atoms with van der Waals surface area (Å²) in [5, 5.41) is 3.28. The first kappa shape index (κ1) is 10.2. The van der Waals surface area contributed by atoms with E-state index in [9.17, 15) is 0 Å². The molecule has 78 valence electrons. The van der Waals surface area contributed by atoms with Crippen molar-refractivity contribution in [2.45, 2.75) is 13.3 Å². The molecule has 0 bridgehead atoms. The minimum Gasteiger partial charge on any atom is -0.497 e. The molecule has 2 nitrogen and oxygen atoms in total. The molecule has 0 aliphatic carbocycles. The summed E-state index contributed by atoms with van der Waals surface area (Å²) in [6.45, 7) is 2.12. The Kier molecular flexibility index (Phi) is 3.02. The first-order valence-corrected chi connectivity index (χ1v) is 5.80. The molecular weight excluding hydrogens is 206 g/mol. The second kappa shape index (κ2) is 4.45. The highest BCUT2D eigenvalue weighted by Crippen LogP contribution is 2.24. The Bertz CT molecular complexity index is 433. The smallest absolute Gasteiger partial charge is 0.118 e. The van der Waals surface area contributed by atoms with Crippen molar-refractivity contribution in [3.05, 3.63) is 34.7 Å². The number of benzene rings is 1. The number of hydrogen-bond acceptors (Lipinski definition) is 3. The van der Waals surface area contributed by atoms with Gasteiger partial charge in [0.05, 0.1) is 17.8 Å². The quantitative estimate of drug-likeness (QED) is 0.789. The van der Waals surface area contributed by atoms with Crippen LogP contribution in [0, 0.1) is 0 Å². The number of aryl methyl sites for hydroxylation is 1. The predicted octanol–water partition coefficient (Wildman–Crippen LogP) is 3.38. The van der Waals surface area contributed by atoms with Crippen molar-refractivity contribution in [2.75, 3.05) is 7.11 Å². The van der Waals surface area contributed by atoms with Gasteiger partial charge in [-0.25, -0.2) is 4.98 Å². The minimum atomic E-state index is 0.879. The Morgan fingerprint density at radius 2 is 2.00 bits per heavy atom. The van der Waals surface area contributed by atoms with Crippen molar-refractivity contribution in [2.24, 2.45) is 0 Å². The Balaban J connectivity index is 2.28. The standard InChI is InChI=1S/C12H13NOS/c1-3-12-13-11(8-15-12)9-4-6-10(14-2)7-5-9/h4-8H,3H2,1-2H3. The fourth-order valence-electron chi connectivity index (χ4n) is 1.37. The Morgan fingerprint density at radius 1 is 1.27 bits per heavy atom. The fraction of sp³-hybridized carbons (Fsp3) is 0.250. The first-order valence-electron chi connectivity index (χ1n) is 4.92. The van der Waals surface area contributed by atoms with Crippen LogP contribution in [0.15, 0.2) is 29.6 Å². The third-order valence-corrected chi connectivity index (χ3v) is 3.23. The molecule has 2 rings (SSSR count). The SMILES string of the molecule is CCc1nc(-c2ccc(OC)cc2)cs1. The fourth-order valence-corrected chi connectivity index (χ4v) is 2.12. The molecule has 0 saturated carbocycles. The third-order valence-electron chi connectivity index (χ3n) is 2.24. The largest absolute Gasteiger partial charge is 0.497 e. The second-order valence-electron chi connectivity index (χ2n) is 3.21. The van der Waals surface area contributed by atoms with Gasteiger partial charge in [-0.2, -0.15) is 0 Å². The monoisotopic (exact) mass is 219 g/mol. The topological polar surface area (TPSA) is 22.1 Å². The molecule has 0 saturated heterocycles. The van der Waals surface area contributed by atoms with Crippen LogP contribution in [0.3, 0.4) is 0 Å². The van der Waals surface area contributed by atoms with Gasteiger partial charge in [0, 0.05) is 10.9 Å². The van der Waals surface area contributed by atoms with Crippen molar-refractivity contribution in [1.29, 1.82) is 0 Å². The normalized spacial score (nSPS) is 10.3. The van der Waals surface area contributed by atoms with E-state index >= 15 is 0 Å². The lowest BCUT2D eigenvalue weighted by molar-refractivity contribution is 0.415. The third kappa shape index (κ3) is 2.18. The average Bonchev–Trinajstić information content (AvgIpc) is 2.78. The molecule has 1 aromatic carbocycles. The maximum Gasteiger partial charge on any atom is 0.118 e. The van der Waals surface area contributed by atoms with Crippen LogP contribution in [0.5, 0.6) is 5.75 Å². The highest BCUT2D eigenvalue weighted by atomic mass is 32.1. The van der Waals surface area contributed by atoms with E-state index in [1.54, 1.807) is 18.4 Å². The minimum absolute atomic E-state index is 0.879. The maximum atomic E-state index is 5.11. The molecular formula is C12H13NOS. The van der Waals surface area contributed by atoms with Gasteiger partial charge < -0.3 is 4.74 Å². The summed E-state index contributed by atoms with van der Waals surface area (Å²) >= 11 is 1.71. The van der Waals surface area contributed by atoms with E-state index in [1.165, 1.54) is 5.01 Å². The lowest BCUT2D eigenvalue weighted by Crippen LogP contribution is -1.83. The van der Waals surface area contributed by atoms with Crippen molar-refractivity contribution in [3.8, 4) is 17.0 Å². The van der Waals surface area contributed by atoms with Crippen LogP contribution >= 0.6 is 11.3 Å². The lowest BCUT2D eigenvalue weighted by Gasteiger charge is -2.00. The number of methoxy groups -OCH3 is 1. The van der Waals surface area contributed by atoms with Crippen LogP contribution in [0.1, 0.15) is 11.9 Å². The van der Waals surface area contributed by atoms with E-state index in [0.717, 1.165) is 23.4 Å². The number of nitrogens with zero attached hydrogens (tertiary/aromatic N) is 1. The van der Waals surface area contributed by atoms with Crippen molar-refractivity contribution >= 4 is 11.3 Å². The predicted molar refractivity (Wildman–Crippen MR) is 63.5 cm³/mol. The van der Waals surface area contributed by atoms with Gasteiger partial charge >= 0.3 is 0 Å².